The Labute approximate surface area is 125 Å². The summed E-state index contributed by atoms with van der Waals surface area (Å²) < 4.78 is 18.9. The van der Waals surface area contributed by atoms with Crippen LogP contribution in [0.4, 0.5) is 4.39 Å². The third kappa shape index (κ3) is 3.25. The van der Waals surface area contributed by atoms with E-state index >= 15 is 0 Å². The first-order valence-corrected chi connectivity index (χ1v) is 6.92. The summed E-state index contributed by atoms with van der Waals surface area (Å²) in [5.74, 6) is 0.305. The van der Waals surface area contributed by atoms with Gasteiger partial charge < -0.3 is 4.74 Å². The number of ether oxygens (including phenoxy) is 1. The summed E-state index contributed by atoms with van der Waals surface area (Å²) in [6, 6.07) is 9.72. The topological polar surface area (TPSA) is 26.3 Å². The van der Waals surface area contributed by atoms with Crippen LogP contribution in [0.5, 0.6) is 5.75 Å². The average molecular weight is 337 g/mol. The molecular weight excluding hydrogens is 323 g/mol. The molecule has 0 unspecified atom stereocenters. The van der Waals surface area contributed by atoms with Gasteiger partial charge in [0.25, 0.3) is 0 Å². The van der Waals surface area contributed by atoms with Crippen molar-refractivity contribution in [2.24, 2.45) is 0 Å². The molecule has 0 spiro atoms. The maximum Gasteiger partial charge on any atom is 0.168 e. The van der Waals surface area contributed by atoms with E-state index in [-0.39, 0.29) is 18.0 Å². The molecule has 2 nitrogen and oxygen atoms in total. The first-order valence-electron chi connectivity index (χ1n) is 6.13. The normalized spacial score (nSPS) is 10.4. The molecule has 2 aromatic carbocycles. The number of hydrogen-bond acceptors (Lipinski definition) is 2. The molecule has 0 aliphatic carbocycles. The molecule has 20 heavy (non-hydrogen) atoms. The highest BCUT2D eigenvalue weighted by Gasteiger charge is 2.13. The third-order valence-electron chi connectivity index (χ3n) is 3.13. The fourth-order valence-electron chi connectivity index (χ4n) is 1.97. The predicted octanol–water partition coefficient (Wildman–Crippen LogP) is 4.33. The first kappa shape index (κ1) is 14.7. The number of rotatable bonds is 4. The van der Waals surface area contributed by atoms with Crippen molar-refractivity contribution < 1.29 is 13.9 Å². The number of benzene rings is 2. The lowest BCUT2D eigenvalue weighted by atomic mass is 9.99. The van der Waals surface area contributed by atoms with Crippen molar-refractivity contribution in [2.45, 2.75) is 13.3 Å². The van der Waals surface area contributed by atoms with Gasteiger partial charge in [-0.2, -0.15) is 0 Å². The number of Topliss-reactive ketones (excluding diaryl/α,β-unsaturated/α-hetero) is 1. The van der Waals surface area contributed by atoms with Gasteiger partial charge in [-0.3, -0.25) is 4.79 Å². The minimum Gasteiger partial charge on any atom is -0.497 e. The minimum atomic E-state index is -0.291. The van der Waals surface area contributed by atoms with Crippen molar-refractivity contribution in [1.82, 2.24) is 0 Å². The van der Waals surface area contributed by atoms with Crippen LogP contribution < -0.4 is 4.74 Å². The molecule has 0 aliphatic heterocycles. The zero-order valence-electron chi connectivity index (χ0n) is 11.2. The Hall–Kier alpha value is -1.68. The highest BCUT2D eigenvalue weighted by Crippen LogP contribution is 2.24. The van der Waals surface area contributed by atoms with Crippen LogP contribution in [-0.4, -0.2) is 12.9 Å². The second-order valence-corrected chi connectivity index (χ2v) is 5.37. The van der Waals surface area contributed by atoms with Gasteiger partial charge in [0.1, 0.15) is 11.6 Å². The highest BCUT2D eigenvalue weighted by atomic mass is 79.9. The smallest absolute Gasteiger partial charge is 0.168 e. The molecule has 0 bridgehead atoms. The molecule has 0 N–H and O–H groups in total. The summed E-state index contributed by atoms with van der Waals surface area (Å²) in [5, 5.41) is 0. The number of halogens is 2. The number of carbonyl (C=O) groups excluding carboxylic acids is 1. The van der Waals surface area contributed by atoms with Gasteiger partial charge >= 0.3 is 0 Å². The van der Waals surface area contributed by atoms with Crippen LogP contribution in [0.2, 0.25) is 0 Å². The number of carbonyl (C=O) groups is 1. The molecule has 2 aromatic rings. The van der Waals surface area contributed by atoms with Crippen LogP contribution in [0.25, 0.3) is 0 Å². The number of hydrogen-bond donors (Lipinski definition) is 0. The second-order valence-electron chi connectivity index (χ2n) is 4.52. The lowest BCUT2D eigenvalue weighted by molar-refractivity contribution is 0.0991. The van der Waals surface area contributed by atoms with Crippen LogP contribution in [0, 0.1) is 12.7 Å². The van der Waals surface area contributed by atoms with Gasteiger partial charge in [0.15, 0.2) is 5.78 Å². The molecule has 0 saturated heterocycles. The standard InChI is InChI=1S/C16H14BrFO2/c1-10-7-12(18)4-3-11(10)8-16(19)14-9-13(20-2)5-6-15(14)17/h3-7,9H,8H2,1-2H3. The van der Waals surface area contributed by atoms with Crippen LogP contribution in [0.15, 0.2) is 40.9 Å². The lowest BCUT2D eigenvalue weighted by Gasteiger charge is -2.08. The maximum absolute atomic E-state index is 13.1. The van der Waals surface area contributed by atoms with Gasteiger partial charge in [-0.05, 0) is 48.4 Å². The van der Waals surface area contributed by atoms with Crippen molar-refractivity contribution in [3.63, 3.8) is 0 Å². The molecule has 0 aliphatic rings. The molecule has 2 rings (SSSR count). The van der Waals surface area contributed by atoms with E-state index in [0.29, 0.717) is 11.3 Å². The molecule has 0 amide bonds. The summed E-state index contributed by atoms with van der Waals surface area (Å²) in [5.41, 5.74) is 2.16. The zero-order chi connectivity index (χ0) is 14.7. The Morgan fingerprint density at radius 2 is 2.00 bits per heavy atom. The molecule has 0 heterocycles. The lowest BCUT2D eigenvalue weighted by Crippen LogP contribution is -2.06. The van der Waals surface area contributed by atoms with Crippen LogP contribution in [-0.2, 0) is 6.42 Å². The Bertz CT molecular complexity index is 653. The highest BCUT2D eigenvalue weighted by molar-refractivity contribution is 9.10. The molecular formula is C16H14BrFO2. The maximum atomic E-state index is 13.1. The average Bonchev–Trinajstić information content (AvgIpc) is 2.42. The SMILES string of the molecule is COc1ccc(Br)c(C(=O)Cc2ccc(F)cc2C)c1. The monoisotopic (exact) mass is 336 g/mol. The van der Waals surface area contributed by atoms with Crippen molar-refractivity contribution in [2.75, 3.05) is 7.11 Å². The van der Waals surface area contributed by atoms with E-state index in [1.807, 2.05) is 0 Å². The van der Waals surface area contributed by atoms with Gasteiger partial charge in [0.2, 0.25) is 0 Å². The van der Waals surface area contributed by atoms with Crippen molar-refractivity contribution in [3.05, 3.63) is 63.4 Å². The summed E-state index contributed by atoms with van der Waals surface area (Å²) in [7, 11) is 1.56. The van der Waals surface area contributed by atoms with E-state index in [2.05, 4.69) is 15.9 Å². The quantitative estimate of drug-likeness (QED) is 0.776. The largest absolute Gasteiger partial charge is 0.497 e. The van der Waals surface area contributed by atoms with E-state index in [4.69, 9.17) is 4.74 Å². The summed E-state index contributed by atoms with van der Waals surface area (Å²) in [6.45, 7) is 1.80. The Kier molecular flexibility index (Phi) is 4.55. The minimum absolute atomic E-state index is 0.0366. The summed E-state index contributed by atoms with van der Waals surface area (Å²) >= 11 is 3.37. The molecule has 0 radical (unpaired) electrons. The Morgan fingerprint density at radius 3 is 2.65 bits per heavy atom. The number of aryl methyl sites for hydroxylation is 1. The van der Waals surface area contributed by atoms with Gasteiger partial charge in [0, 0.05) is 16.5 Å². The van der Waals surface area contributed by atoms with Crippen molar-refractivity contribution >= 4 is 21.7 Å². The fraction of sp³-hybridized carbons (Fsp3) is 0.188. The molecule has 0 aromatic heterocycles. The van der Waals surface area contributed by atoms with Crippen molar-refractivity contribution in [1.29, 1.82) is 0 Å². The molecule has 0 fully saturated rings. The van der Waals surface area contributed by atoms with Gasteiger partial charge in [0.05, 0.1) is 7.11 Å². The van der Waals surface area contributed by atoms with E-state index in [1.165, 1.54) is 12.1 Å². The van der Waals surface area contributed by atoms with E-state index in [9.17, 15) is 9.18 Å². The molecule has 0 atom stereocenters. The van der Waals surface area contributed by atoms with E-state index in [1.54, 1.807) is 38.3 Å². The number of methoxy groups -OCH3 is 1. The zero-order valence-corrected chi connectivity index (χ0v) is 12.8. The van der Waals surface area contributed by atoms with Gasteiger partial charge in [-0.15, -0.1) is 0 Å². The van der Waals surface area contributed by atoms with Crippen molar-refractivity contribution in [3.8, 4) is 5.75 Å². The Balaban J connectivity index is 2.28. The van der Waals surface area contributed by atoms with Crippen LogP contribution >= 0.6 is 15.9 Å². The van der Waals surface area contributed by atoms with Crippen LogP contribution in [0.3, 0.4) is 0 Å². The second kappa shape index (κ2) is 6.18. The van der Waals surface area contributed by atoms with Crippen LogP contribution in [0.1, 0.15) is 21.5 Å². The van der Waals surface area contributed by atoms with E-state index in [0.717, 1.165) is 15.6 Å². The first-order chi connectivity index (χ1) is 9.51. The predicted molar refractivity (Wildman–Crippen MR) is 79.9 cm³/mol. The fourth-order valence-corrected chi connectivity index (χ4v) is 2.44. The summed E-state index contributed by atoms with van der Waals surface area (Å²) in [6.07, 6.45) is 0.234. The number of ketones is 1. The molecule has 4 heteroatoms. The van der Waals surface area contributed by atoms with Gasteiger partial charge in [-0.25, -0.2) is 4.39 Å². The molecule has 0 saturated carbocycles. The Morgan fingerprint density at radius 1 is 1.25 bits per heavy atom. The molecule has 104 valence electrons. The third-order valence-corrected chi connectivity index (χ3v) is 3.82. The summed E-state index contributed by atoms with van der Waals surface area (Å²) in [4.78, 5) is 12.4. The van der Waals surface area contributed by atoms with Gasteiger partial charge in [-0.1, -0.05) is 22.0 Å². The van der Waals surface area contributed by atoms with E-state index < -0.39 is 0 Å².